The van der Waals surface area contributed by atoms with E-state index in [0.29, 0.717) is 5.92 Å². The van der Waals surface area contributed by atoms with E-state index >= 15 is 0 Å². The third-order valence-electron chi connectivity index (χ3n) is 2.06. The third kappa shape index (κ3) is 6.14. The van der Waals surface area contributed by atoms with E-state index in [-0.39, 0.29) is 5.78 Å². The molecule has 0 spiro atoms. The van der Waals surface area contributed by atoms with Gasteiger partial charge in [0.15, 0.2) is 5.78 Å². The summed E-state index contributed by atoms with van der Waals surface area (Å²) in [6.07, 6.45) is 8.62. The Labute approximate surface area is 75.9 Å². The van der Waals surface area contributed by atoms with E-state index in [1.807, 2.05) is 0 Å². The molecule has 0 unspecified atom stereocenters. The van der Waals surface area contributed by atoms with Gasteiger partial charge in [-0.1, -0.05) is 32.8 Å². The maximum atomic E-state index is 10.7. The zero-order chi connectivity index (χ0) is 9.40. The lowest BCUT2D eigenvalue weighted by Gasteiger charge is -2.07. The molecule has 0 saturated heterocycles. The molecule has 0 saturated carbocycles. The number of carbonyl (C=O) groups is 1. The first-order chi connectivity index (χ1) is 5.70. The van der Waals surface area contributed by atoms with Crippen molar-refractivity contribution >= 4 is 5.78 Å². The van der Waals surface area contributed by atoms with Crippen LogP contribution in [0.4, 0.5) is 0 Å². The molecule has 0 fully saturated rings. The summed E-state index contributed by atoms with van der Waals surface area (Å²) < 4.78 is 0. The van der Waals surface area contributed by atoms with E-state index in [1.165, 1.54) is 19.3 Å². The first kappa shape index (κ1) is 11.4. The van der Waals surface area contributed by atoms with Gasteiger partial charge in [0.1, 0.15) is 0 Å². The van der Waals surface area contributed by atoms with Crippen LogP contribution in [-0.4, -0.2) is 5.78 Å². The fourth-order valence-corrected chi connectivity index (χ4v) is 1.17. The zero-order valence-corrected chi connectivity index (χ0v) is 8.47. The Morgan fingerprint density at radius 2 is 2.08 bits per heavy atom. The van der Waals surface area contributed by atoms with Gasteiger partial charge in [-0.2, -0.15) is 0 Å². The average Bonchev–Trinajstić information content (AvgIpc) is 2.05. The number of unbranched alkanes of at least 4 members (excludes halogenated alkanes) is 1. The molecule has 0 aromatic carbocycles. The molecule has 1 atom stereocenters. The summed E-state index contributed by atoms with van der Waals surface area (Å²) in [5.74, 6) is 0.763. The summed E-state index contributed by atoms with van der Waals surface area (Å²) in [6.45, 7) is 5.97. The Kier molecular flexibility index (Phi) is 6.73. The van der Waals surface area contributed by atoms with Gasteiger partial charge in [-0.3, -0.25) is 4.79 Å². The highest BCUT2D eigenvalue weighted by Crippen LogP contribution is 2.13. The highest BCUT2D eigenvalue weighted by Gasteiger charge is 2.00. The molecular formula is C11H20O. The SMILES string of the molecule is CCCC[C@H](/C=C/C(C)=O)CC. The minimum Gasteiger partial charge on any atom is -0.295 e. The second kappa shape index (κ2) is 7.08. The minimum atomic E-state index is 0.157. The molecule has 0 radical (unpaired) electrons. The second-order valence-corrected chi connectivity index (χ2v) is 3.28. The zero-order valence-electron chi connectivity index (χ0n) is 8.47. The number of hydrogen-bond donors (Lipinski definition) is 0. The van der Waals surface area contributed by atoms with Crippen molar-refractivity contribution in [3.05, 3.63) is 12.2 Å². The molecule has 0 rings (SSSR count). The van der Waals surface area contributed by atoms with Gasteiger partial charge >= 0.3 is 0 Å². The van der Waals surface area contributed by atoms with E-state index in [0.717, 1.165) is 6.42 Å². The molecule has 0 aromatic heterocycles. The number of carbonyl (C=O) groups excluding carboxylic acids is 1. The molecule has 0 aliphatic rings. The molecule has 0 heterocycles. The van der Waals surface area contributed by atoms with Crippen molar-refractivity contribution in [2.75, 3.05) is 0 Å². The minimum absolute atomic E-state index is 0.157. The van der Waals surface area contributed by atoms with Gasteiger partial charge < -0.3 is 0 Å². The summed E-state index contributed by atoms with van der Waals surface area (Å²) >= 11 is 0. The second-order valence-electron chi connectivity index (χ2n) is 3.28. The maximum Gasteiger partial charge on any atom is 0.152 e. The van der Waals surface area contributed by atoms with Crippen molar-refractivity contribution in [2.24, 2.45) is 5.92 Å². The van der Waals surface area contributed by atoms with Crippen molar-refractivity contribution in [2.45, 2.75) is 46.5 Å². The van der Waals surface area contributed by atoms with Crippen LogP contribution in [-0.2, 0) is 4.79 Å². The Morgan fingerprint density at radius 1 is 1.42 bits per heavy atom. The molecule has 0 N–H and O–H groups in total. The van der Waals surface area contributed by atoms with Gasteiger partial charge in [-0.15, -0.1) is 0 Å². The van der Waals surface area contributed by atoms with Crippen molar-refractivity contribution in [1.29, 1.82) is 0 Å². The van der Waals surface area contributed by atoms with Crippen LogP contribution in [0.1, 0.15) is 46.5 Å². The molecule has 1 nitrogen and oxygen atoms in total. The van der Waals surface area contributed by atoms with Crippen LogP contribution in [0.25, 0.3) is 0 Å². The van der Waals surface area contributed by atoms with Gasteiger partial charge in [-0.25, -0.2) is 0 Å². The molecule has 0 aliphatic heterocycles. The van der Waals surface area contributed by atoms with Crippen LogP contribution in [0.5, 0.6) is 0 Å². The largest absolute Gasteiger partial charge is 0.295 e. The summed E-state index contributed by atoms with van der Waals surface area (Å²) in [6, 6.07) is 0. The molecule has 0 aromatic rings. The number of hydrogen-bond acceptors (Lipinski definition) is 1. The van der Waals surface area contributed by atoms with E-state index in [4.69, 9.17) is 0 Å². The van der Waals surface area contributed by atoms with Gasteiger partial charge in [0.05, 0.1) is 0 Å². The summed E-state index contributed by atoms with van der Waals surface area (Å²) in [7, 11) is 0. The molecule has 0 bridgehead atoms. The number of ketones is 1. The Hall–Kier alpha value is -0.590. The lowest BCUT2D eigenvalue weighted by Crippen LogP contribution is -1.95. The van der Waals surface area contributed by atoms with Gasteiger partial charge in [0.25, 0.3) is 0 Å². The van der Waals surface area contributed by atoms with E-state index < -0.39 is 0 Å². The summed E-state index contributed by atoms with van der Waals surface area (Å²) in [5, 5.41) is 0. The highest BCUT2D eigenvalue weighted by molar-refractivity contribution is 5.87. The number of allylic oxidation sites excluding steroid dienone is 2. The third-order valence-corrected chi connectivity index (χ3v) is 2.06. The molecule has 1 heteroatoms. The lowest BCUT2D eigenvalue weighted by atomic mass is 9.99. The predicted molar refractivity (Wildman–Crippen MR) is 53.1 cm³/mol. The standard InChI is InChI=1S/C11H20O/c1-4-6-7-11(5-2)9-8-10(3)12/h8-9,11H,4-7H2,1-3H3/b9-8+/t11-/m1/s1. The van der Waals surface area contributed by atoms with Gasteiger partial charge in [0.2, 0.25) is 0 Å². The van der Waals surface area contributed by atoms with Crippen LogP contribution in [0.2, 0.25) is 0 Å². The normalized spacial score (nSPS) is 13.6. The highest BCUT2D eigenvalue weighted by atomic mass is 16.1. The van der Waals surface area contributed by atoms with Gasteiger partial charge in [0, 0.05) is 0 Å². The van der Waals surface area contributed by atoms with E-state index in [2.05, 4.69) is 19.9 Å². The Bertz CT molecular complexity index is 147. The van der Waals surface area contributed by atoms with Crippen LogP contribution >= 0.6 is 0 Å². The Balaban J connectivity index is 3.73. The van der Waals surface area contributed by atoms with Crippen LogP contribution in [0.15, 0.2) is 12.2 Å². The van der Waals surface area contributed by atoms with Crippen LogP contribution in [0.3, 0.4) is 0 Å². The molecule has 0 aliphatic carbocycles. The molecule has 12 heavy (non-hydrogen) atoms. The van der Waals surface area contributed by atoms with Crippen LogP contribution in [0, 0.1) is 5.92 Å². The van der Waals surface area contributed by atoms with E-state index in [9.17, 15) is 4.79 Å². The van der Waals surface area contributed by atoms with Crippen molar-refractivity contribution < 1.29 is 4.79 Å². The molecule has 0 amide bonds. The molecular weight excluding hydrogens is 148 g/mol. The van der Waals surface area contributed by atoms with E-state index in [1.54, 1.807) is 13.0 Å². The van der Waals surface area contributed by atoms with Gasteiger partial charge in [-0.05, 0) is 31.8 Å². The fraction of sp³-hybridized carbons (Fsp3) is 0.727. The lowest BCUT2D eigenvalue weighted by molar-refractivity contribution is -0.112. The summed E-state index contributed by atoms with van der Waals surface area (Å²) in [4.78, 5) is 10.7. The quantitative estimate of drug-likeness (QED) is 0.556. The van der Waals surface area contributed by atoms with Crippen molar-refractivity contribution in [1.82, 2.24) is 0 Å². The fourth-order valence-electron chi connectivity index (χ4n) is 1.17. The van der Waals surface area contributed by atoms with Crippen molar-refractivity contribution in [3.63, 3.8) is 0 Å². The maximum absolute atomic E-state index is 10.7. The smallest absolute Gasteiger partial charge is 0.152 e. The van der Waals surface area contributed by atoms with Crippen LogP contribution < -0.4 is 0 Å². The Morgan fingerprint density at radius 3 is 2.50 bits per heavy atom. The first-order valence-corrected chi connectivity index (χ1v) is 4.89. The summed E-state index contributed by atoms with van der Waals surface area (Å²) in [5.41, 5.74) is 0. The monoisotopic (exact) mass is 168 g/mol. The topological polar surface area (TPSA) is 17.1 Å². The average molecular weight is 168 g/mol. The number of rotatable bonds is 6. The predicted octanol–water partition coefficient (Wildman–Crippen LogP) is 3.35. The first-order valence-electron chi connectivity index (χ1n) is 4.89. The van der Waals surface area contributed by atoms with Crippen molar-refractivity contribution in [3.8, 4) is 0 Å². The molecule has 70 valence electrons.